The first-order valence-corrected chi connectivity index (χ1v) is 11.0. The van der Waals surface area contributed by atoms with Gasteiger partial charge in [-0.1, -0.05) is 36.7 Å². The van der Waals surface area contributed by atoms with Crippen molar-refractivity contribution < 1.29 is 9.53 Å². The monoisotopic (exact) mass is 401 g/mol. The van der Waals surface area contributed by atoms with Crippen LogP contribution in [0.2, 0.25) is 0 Å². The minimum absolute atomic E-state index is 0.0337. The molecule has 2 fully saturated rings. The number of carbonyl (C=O) groups excluding carboxylic acids is 1. The van der Waals surface area contributed by atoms with Gasteiger partial charge in [0.25, 0.3) is 0 Å². The molecule has 1 aliphatic carbocycles. The van der Waals surface area contributed by atoms with Gasteiger partial charge in [-0.3, -0.25) is 10.1 Å². The van der Waals surface area contributed by atoms with Crippen LogP contribution in [0.4, 0.5) is 0 Å². The van der Waals surface area contributed by atoms with Crippen molar-refractivity contribution in [2.75, 3.05) is 12.9 Å². The van der Waals surface area contributed by atoms with Crippen LogP contribution in [-0.2, 0) is 11.3 Å². The minimum atomic E-state index is -0.0337. The van der Waals surface area contributed by atoms with Crippen molar-refractivity contribution in [3.05, 3.63) is 24.3 Å². The number of hydrogen-bond donors (Lipinski definition) is 2. The van der Waals surface area contributed by atoms with Gasteiger partial charge in [0.2, 0.25) is 5.91 Å². The Morgan fingerprint density at radius 1 is 1.25 bits per heavy atom. The number of nitrogens with one attached hydrogen (secondary N) is 2. The first-order valence-electron chi connectivity index (χ1n) is 9.97. The zero-order valence-corrected chi connectivity index (χ0v) is 17.2. The maximum absolute atomic E-state index is 12.4. The van der Waals surface area contributed by atoms with Crippen molar-refractivity contribution in [3.8, 4) is 17.1 Å². The molecule has 2 aliphatic rings. The molecule has 8 heteroatoms. The number of hydrogen-bond acceptors (Lipinski definition) is 6. The van der Waals surface area contributed by atoms with Crippen molar-refractivity contribution in [1.82, 2.24) is 25.4 Å². The van der Waals surface area contributed by atoms with E-state index in [1.165, 1.54) is 6.42 Å². The van der Waals surface area contributed by atoms with Gasteiger partial charge in [-0.05, 0) is 31.9 Å². The highest BCUT2D eigenvalue weighted by atomic mass is 32.2. The molecular formula is C20H27N5O2S. The van der Waals surface area contributed by atoms with Crippen LogP contribution in [0, 0.1) is 5.92 Å². The fourth-order valence-electron chi connectivity index (χ4n) is 4.18. The van der Waals surface area contributed by atoms with Crippen LogP contribution in [0.1, 0.15) is 32.6 Å². The van der Waals surface area contributed by atoms with Gasteiger partial charge < -0.3 is 14.6 Å². The normalized spacial score (nSPS) is 24.5. The van der Waals surface area contributed by atoms with E-state index < -0.39 is 0 Å². The number of para-hydroxylation sites is 1. The second-order valence-corrected chi connectivity index (χ2v) is 8.27. The van der Waals surface area contributed by atoms with Crippen LogP contribution >= 0.6 is 11.8 Å². The Hall–Kier alpha value is -2.06. The van der Waals surface area contributed by atoms with Crippen LogP contribution in [0.5, 0.6) is 5.75 Å². The topological polar surface area (TPSA) is 81.1 Å². The Kier molecular flexibility index (Phi) is 5.87. The molecule has 1 aliphatic heterocycles. The van der Waals surface area contributed by atoms with Crippen LogP contribution in [0.25, 0.3) is 11.4 Å². The molecule has 1 amide bonds. The summed E-state index contributed by atoms with van der Waals surface area (Å²) in [6.45, 7) is 2.84. The van der Waals surface area contributed by atoms with E-state index in [-0.39, 0.29) is 18.0 Å². The molecule has 1 saturated heterocycles. The number of carbonyl (C=O) groups is 1. The largest absolute Gasteiger partial charge is 0.496 e. The molecule has 0 radical (unpaired) electrons. The standard InChI is InChI=1S/C20H27N5O2S/c1-3-25-18(14-9-5-7-11-16(14)27-2)23-24-20(25)28-12-17-21-15-10-6-4-8-13(15)19(26)22-17/h5,7,9,11,13,15,17,21H,3-4,6,8,10,12H2,1-2H3,(H,22,26). The molecule has 2 N–H and O–H groups in total. The average molecular weight is 402 g/mol. The molecule has 2 heterocycles. The molecular weight excluding hydrogens is 374 g/mol. The highest BCUT2D eigenvalue weighted by Gasteiger charge is 2.37. The lowest BCUT2D eigenvalue weighted by Gasteiger charge is -2.40. The number of methoxy groups -OCH3 is 1. The van der Waals surface area contributed by atoms with Crippen molar-refractivity contribution in [1.29, 1.82) is 0 Å². The Balaban J connectivity index is 1.47. The van der Waals surface area contributed by atoms with Crippen LogP contribution in [-0.4, -0.2) is 45.7 Å². The lowest BCUT2D eigenvalue weighted by molar-refractivity contribution is -0.130. The van der Waals surface area contributed by atoms with E-state index in [2.05, 4.69) is 32.3 Å². The molecule has 3 unspecified atom stereocenters. The fourth-order valence-corrected chi connectivity index (χ4v) is 5.15. The molecule has 0 bridgehead atoms. The number of ether oxygens (including phenoxy) is 1. The molecule has 28 heavy (non-hydrogen) atoms. The van der Waals surface area contributed by atoms with Gasteiger partial charge in [0.15, 0.2) is 11.0 Å². The summed E-state index contributed by atoms with van der Waals surface area (Å²) in [6.07, 6.45) is 4.40. The molecule has 1 saturated carbocycles. The summed E-state index contributed by atoms with van der Waals surface area (Å²) in [6, 6.07) is 8.15. The number of nitrogens with zero attached hydrogens (tertiary/aromatic N) is 3. The van der Waals surface area contributed by atoms with Gasteiger partial charge >= 0.3 is 0 Å². The Labute approximate surface area is 169 Å². The Morgan fingerprint density at radius 3 is 2.89 bits per heavy atom. The summed E-state index contributed by atoms with van der Waals surface area (Å²) in [5.41, 5.74) is 0.931. The number of thioether (sulfide) groups is 1. The lowest BCUT2D eigenvalue weighted by Crippen LogP contribution is -2.62. The Bertz CT molecular complexity index is 840. The molecule has 2 aromatic rings. The third-order valence-electron chi connectivity index (χ3n) is 5.59. The van der Waals surface area contributed by atoms with Crippen LogP contribution < -0.4 is 15.4 Å². The quantitative estimate of drug-likeness (QED) is 0.725. The van der Waals surface area contributed by atoms with Crippen molar-refractivity contribution in [2.24, 2.45) is 5.92 Å². The van der Waals surface area contributed by atoms with E-state index in [0.29, 0.717) is 6.04 Å². The number of fused-ring (bicyclic) bond motifs is 1. The predicted molar refractivity (Wildman–Crippen MR) is 109 cm³/mol. The third kappa shape index (κ3) is 3.75. The predicted octanol–water partition coefficient (Wildman–Crippen LogP) is 2.67. The van der Waals surface area contributed by atoms with E-state index in [4.69, 9.17) is 4.74 Å². The van der Waals surface area contributed by atoms with Crippen molar-refractivity contribution in [3.63, 3.8) is 0 Å². The van der Waals surface area contributed by atoms with Crippen LogP contribution in [0.3, 0.4) is 0 Å². The molecule has 1 aromatic heterocycles. The summed E-state index contributed by atoms with van der Waals surface area (Å²) in [5.74, 6) is 2.63. The summed E-state index contributed by atoms with van der Waals surface area (Å²) >= 11 is 1.62. The number of aromatic nitrogens is 3. The summed E-state index contributed by atoms with van der Waals surface area (Å²) in [7, 11) is 1.66. The zero-order chi connectivity index (χ0) is 19.5. The second-order valence-electron chi connectivity index (χ2n) is 7.29. The van der Waals surface area contributed by atoms with Gasteiger partial charge in [-0.25, -0.2) is 0 Å². The molecule has 3 atom stereocenters. The minimum Gasteiger partial charge on any atom is -0.496 e. The zero-order valence-electron chi connectivity index (χ0n) is 16.4. The third-order valence-corrected chi connectivity index (χ3v) is 6.65. The number of benzene rings is 1. The molecule has 4 rings (SSSR count). The lowest BCUT2D eigenvalue weighted by atomic mass is 9.82. The maximum atomic E-state index is 12.4. The molecule has 150 valence electrons. The van der Waals surface area contributed by atoms with E-state index in [9.17, 15) is 4.79 Å². The summed E-state index contributed by atoms with van der Waals surface area (Å²) in [5, 5.41) is 16.4. The molecule has 0 spiro atoms. The second kappa shape index (κ2) is 8.53. The van der Waals surface area contributed by atoms with Gasteiger partial charge in [0.05, 0.1) is 24.8 Å². The summed E-state index contributed by atoms with van der Waals surface area (Å²) in [4.78, 5) is 12.4. The van der Waals surface area contributed by atoms with E-state index in [0.717, 1.165) is 53.9 Å². The van der Waals surface area contributed by atoms with E-state index in [1.807, 2.05) is 24.3 Å². The average Bonchev–Trinajstić information content (AvgIpc) is 3.15. The van der Waals surface area contributed by atoms with Gasteiger partial charge in [0.1, 0.15) is 5.75 Å². The van der Waals surface area contributed by atoms with Gasteiger partial charge in [0, 0.05) is 18.3 Å². The van der Waals surface area contributed by atoms with Gasteiger partial charge in [-0.2, -0.15) is 0 Å². The maximum Gasteiger partial charge on any atom is 0.225 e. The summed E-state index contributed by atoms with van der Waals surface area (Å²) < 4.78 is 7.57. The van der Waals surface area contributed by atoms with Crippen LogP contribution in [0.15, 0.2) is 29.4 Å². The van der Waals surface area contributed by atoms with Crippen molar-refractivity contribution >= 4 is 17.7 Å². The number of amides is 1. The van der Waals surface area contributed by atoms with E-state index >= 15 is 0 Å². The highest BCUT2D eigenvalue weighted by molar-refractivity contribution is 7.99. The first kappa shape index (κ1) is 19.3. The fraction of sp³-hybridized carbons (Fsp3) is 0.550. The Morgan fingerprint density at radius 2 is 2.07 bits per heavy atom. The first-order chi connectivity index (χ1) is 13.7. The van der Waals surface area contributed by atoms with E-state index in [1.54, 1.807) is 18.9 Å². The molecule has 7 nitrogen and oxygen atoms in total. The number of rotatable bonds is 6. The smallest absolute Gasteiger partial charge is 0.225 e. The van der Waals surface area contributed by atoms with Gasteiger partial charge in [-0.15, -0.1) is 10.2 Å². The highest BCUT2D eigenvalue weighted by Crippen LogP contribution is 2.32. The van der Waals surface area contributed by atoms with Crippen molar-refractivity contribution in [2.45, 2.75) is 56.5 Å². The molecule has 1 aromatic carbocycles. The SMILES string of the molecule is CCn1c(SCC2NC(=O)C3CCCCC3N2)nnc1-c1ccccc1OC.